The lowest BCUT2D eigenvalue weighted by Gasteiger charge is -2.09. The van der Waals surface area contributed by atoms with Crippen LogP contribution in [0.25, 0.3) is 11.8 Å². The van der Waals surface area contributed by atoms with Crippen molar-refractivity contribution in [3.8, 4) is 5.75 Å². The van der Waals surface area contributed by atoms with Crippen LogP contribution in [0.2, 0.25) is 0 Å². The third-order valence-electron chi connectivity index (χ3n) is 4.98. The summed E-state index contributed by atoms with van der Waals surface area (Å²) in [6.45, 7) is 5.52. The van der Waals surface area contributed by atoms with Gasteiger partial charge in [0.2, 0.25) is 0 Å². The number of benzene rings is 1. The van der Waals surface area contributed by atoms with E-state index in [1.807, 2.05) is 30.6 Å². The molecule has 7 heteroatoms. The molecule has 1 saturated heterocycles. The first kappa shape index (κ1) is 24.4. The van der Waals surface area contributed by atoms with Crippen LogP contribution in [-0.4, -0.2) is 46.4 Å². The number of anilines is 1. The molecule has 2 aromatic heterocycles. The highest BCUT2D eigenvalue weighted by Crippen LogP contribution is 2.25. The molecule has 0 bridgehead atoms. The zero-order valence-electron chi connectivity index (χ0n) is 18.3. The molecule has 4 rings (SSSR count). The molecule has 0 spiro atoms. The van der Waals surface area contributed by atoms with Gasteiger partial charge < -0.3 is 26.5 Å². The van der Waals surface area contributed by atoms with Crippen molar-refractivity contribution in [3.63, 3.8) is 0 Å². The molecular weight excluding hydrogens is 402 g/mol. The number of nitrogen functional groups attached to an aromatic ring is 1. The number of hydrogen-bond donors (Lipinski definition) is 4. The molecule has 6 N–H and O–H groups in total. The number of aromatic amines is 1. The minimum atomic E-state index is 0.158. The number of nitrogens with zero attached hydrogens (tertiary/aromatic N) is 2. The van der Waals surface area contributed by atoms with Crippen molar-refractivity contribution < 1.29 is 9.90 Å². The number of likely N-dealkylation sites (tertiary alicyclic amines) is 1. The van der Waals surface area contributed by atoms with E-state index in [1.54, 1.807) is 30.5 Å². The number of likely N-dealkylation sites (N-methyl/N-ethyl adjacent to an activating group) is 1. The maximum absolute atomic E-state index is 9.62. The molecule has 0 aliphatic carbocycles. The summed E-state index contributed by atoms with van der Waals surface area (Å²) in [4.78, 5) is 18.4. The number of nitrogens with two attached hydrogens (primary N) is 2. The molecule has 3 heterocycles. The SMILES string of the molecule is C=CC=O.CN1CC[C@@H](c2cccnc2)C1.N/C(=C\c1cc[nH]c1N)c1ccccc1O. The molecule has 1 aromatic carbocycles. The number of rotatable bonds is 4. The fraction of sp³-hybridized carbons (Fsp3) is 0.200. The Kier molecular flexibility index (Phi) is 9.74. The van der Waals surface area contributed by atoms with Gasteiger partial charge in [0.05, 0.1) is 0 Å². The van der Waals surface area contributed by atoms with Crippen molar-refractivity contribution in [2.75, 3.05) is 25.9 Å². The standard InChI is InChI=1S/C12H13N3O.C10H14N2.C3H4O/c13-10(7-8-5-6-15-12(8)14)9-3-1-2-4-11(9)16;1-12-6-4-10(8-12)9-3-2-5-11-7-9;1-2-3-4/h1-7,15-16H,13-14H2;2-3,5,7,10H,4,6,8H2,1H3;2-3H,1H2/b10-7-;;/t;10-;/m.1./s1. The highest BCUT2D eigenvalue weighted by molar-refractivity contribution is 5.84. The lowest BCUT2D eigenvalue weighted by molar-refractivity contribution is -0.104. The number of pyridine rings is 1. The van der Waals surface area contributed by atoms with E-state index >= 15 is 0 Å². The number of carbonyl (C=O) groups is 1. The van der Waals surface area contributed by atoms with Gasteiger partial charge in [-0.1, -0.05) is 24.8 Å². The van der Waals surface area contributed by atoms with E-state index in [1.165, 1.54) is 31.1 Å². The van der Waals surface area contributed by atoms with Crippen molar-refractivity contribution in [1.29, 1.82) is 0 Å². The van der Waals surface area contributed by atoms with Crippen LogP contribution in [0.4, 0.5) is 5.82 Å². The summed E-state index contributed by atoms with van der Waals surface area (Å²) < 4.78 is 0. The van der Waals surface area contributed by atoms with E-state index in [9.17, 15) is 5.11 Å². The van der Waals surface area contributed by atoms with Crippen molar-refractivity contribution >= 4 is 23.9 Å². The highest BCUT2D eigenvalue weighted by atomic mass is 16.3. The molecule has 0 radical (unpaired) electrons. The van der Waals surface area contributed by atoms with Gasteiger partial charge in [0.15, 0.2) is 0 Å². The number of H-pyrrole nitrogens is 1. The fourth-order valence-corrected chi connectivity index (χ4v) is 3.31. The molecule has 3 aromatic rings. The van der Waals surface area contributed by atoms with Crippen molar-refractivity contribution in [2.24, 2.45) is 5.73 Å². The van der Waals surface area contributed by atoms with Gasteiger partial charge in [0.25, 0.3) is 0 Å². The second kappa shape index (κ2) is 12.8. The Morgan fingerprint density at radius 3 is 2.56 bits per heavy atom. The minimum absolute atomic E-state index is 0.158. The van der Waals surface area contributed by atoms with Crippen LogP contribution in [-0.2, 0) is 4.79 Å². The summed E-state index contributed by atoms with van der Waals surface area (Å²) in [5.74, 6) is 1.42. The Hall–Kier alpha value is -3.84. The van der Waals surface area contributed by atoms with Gasteiger partial charge in [-0.25, -0.2) is 0 Å². The maximum atomic E-state index is 9.62. The summed E-state index contributed by atoms with van der Waals surface area (Å²) in [5.41, 5.74) is 14.8. The quantitative estimate of drug-likeness (QED) is 0.368. The number of aldehydes is 1. The molecule has 0 amide bonds. The number of aromatic nitrogens is 2. The maximum Gasteiger partial charge on any atom is 0.142 e. The predicted molar refractivity (Wildman–Crippen MR) is 131 cm³/mol. The number of nitrogens with one attached hydrogen (secondary N) is 1. The first-order valence-electron chi connectivity index (χ1n) is 10.3. The molecule has 7 nitrogen and oxygen atoms in total. The van der Waals surface area contributed by atoms with Crippen LogP contribution in [0.15, 0.2) is 73.7 Å². The first-order chi connectivity index (χ1) is 15.5. The first-order valence-corrected chi connectivity index (χ1v) is 10.3. The fourth-order valence-electron chi connectivity index (χ4n) is 3.31. The van der Waals surface area contributed by atoms with Crippen molar-refractivity contribution in [2.45, 2.75) is 12.3 Å². The summed E-state index contributed by atoms with van der Waals surface area (Å²) >= 11 is 0. The predicted octanol–water partition coefficient (Wildman–Crippen LogP) is 3.63. The largest absolute Gasteiger partial charge is 0.507 e. The lowest BCUT2D eigenvalue weighted by atomic mass is 10.0. The van der Waals surface area contributed by atoms with Gasteiger partial charge in [-0.05, 0) is 67.9 Å². The number of carbonyl (C=O) groups excluding carboxylic acids is 1. The normalized spacial score (nSPS) is 15.7. The Morgan fingerprint density at radius 2 is 2.03 bits per heavy atom. The minimum Gasteiger partial charge on any atom is -0.507 e. The van der Waals surface area contributed by atoms with E-state index < -0.39 is 0 Å². The number of hydrogen-bond acceptors (Lipinski definition) is 6. The molecule has 1 aliphatic rings. The summed E-state index contributed by atoms with van der Waals surface area (Å²) in [6.07, 6.45) is 10.4. The van der Waals surface area contributed by atoms with E-state index in [0.29, 0.717) is 29.3 Å². The van der Waals surface area contributed by atoms with Gasteiger partial charge in [-0.15, -0.1) is 0 Å². The van der Waals surface area contributed by atoms with Gasteiger partial charge in [-0.2, -0.15) is 0 Å². The van der Waals surface area contributed by atoms with E-state index in [2.05, 4.69) is 34.6 Å². The number of allylic oxidation sites excluding steroid dienone is 1. The second-order valence-electron chi connectivity index (χ2n) is 7.37. The molecule has 1 fully saturated rings. The average Bonchev–Trinajstić information content (AvgIpc) is 3.43. The number of phenols is 1. The van der Waals surface area contributed by atoms with Crippen LogP contribution < -0.4 is 11.5 Å². The molecule has 32 heavy (non-hydrogen) atoms. The molecule has 168 valence electrons. The van der Waals surface area contributed by atoms with E-state index in [-0.39, 0.29) is 5.75 Å². The number of aromatic hydroxyl groups is 1. The topological polar surface area (TPSA) is 121 Å². The Morgan fingerprint density at radius 1 is 1.28 bits per heavy atom. The highest BCUT2D eigenvalue weighted by Gasteiger charge is 2.20. The number of phenolic OH excluding ortho intramolecular Hbond substituents is 1. The molecule has 0 unspecified atom stereocenters. The van der Waals surface area contributed by atoms with Crippen molar-refractivity contribution in [3.05, 3.63) is 90.4 Å². The second-order valence-corrected chi connectivity index (χ2v) is 7.37. The van der Waals surface area contributed by atoms with E-state index in [4.69, 9.17) is 16.3 Å². The third kappa shape index (κ3) is 7.45. The summed E-state index contributed by atoms with van der Waals surface area (Å²) in [7, 11) is 2.18. The van der Waals surface area contributed by atoms with Crippen molar-refractivity contribution in [1.82, 2.24) is 14.9 Å². The monoisotopic (exact) mass is 433 g/mol. The zero-order valence-corrected chi connectivity index (χ0v) is 18.3. The summed E-state index contributed by atoms with van der Waals surface area (Å²) in [6, 6.07) is 12.9. The molecule has 0 saturated carbocycles. The average molecular weight is 434 g/mol. The Bertz CT molecular complexity index is 1010. The van der Waals surface area contributed by atoms with E-state index in [0.717, 1.165) is 5.56 Å². The van der Waals surface area contributed by atoms with Crippen LogP contribution in [0.1, 0.15) is 29.0 Å². The zero-order chi connectivity index (χ0) is 23.3. The Labute approximate surface area is 189 Å². The van der Waals surface area contributed by atoms with Crippen LogP contribution in [0.3, 0.4) is 0 Å². The van der Waals surface area contributed by atoms with Gasteiger partial charge in [0, 0.05) is 42.0 Å². The smallest absolute Gasteiger partial charge is 0.142 e. The lowest BCUT2D eigenvalue weighted by Crippen LogP contribution is -2.13. The third-order valence-corrected chi connectivity index (χ3v) is 4.98. The van der Waals surface area contributed by atoms with Gasteiger partial charge in [0.1, 0.15) is 17.9 Å². The molecule has 1 atom stereocenters. The van der Waals surface area contributed by atoms with Gasteiger partial charge in [-0.3, -0.25) is 9.78 Å². The molecular formula is C25H31N5O2. The van der Waals surface area contributed by atoms with Crippen LogP contribution in [0.5, 0.6) is 5.75 Å². The summed E-state index contributed by atoms with van der Waals surface area (Å²) in [5, 5.41) is 9.62. The van der Waals surface area contributed by atoms with Crippen LogP contribution in [0, 0.1) is 0 Å². The van der Waals surface area contributed by atoms with Crippen LogP contribution >= 0.6 is 0 Å². The van der Waals surface area contributed by atoms with Gasteiger partial charge >= 0.3 is 0 Å². The molecule has 1 aliphatic heterocycles. The Balaban J connectivity index is 0.000000200. The number of para-hydroxylation sites is 1.